The van der Waals surface area contributed by atoms with Crippen LogP contribution in [0, 0.1) is 11.3 Å². The summed E-state index contributed by atoms with van der Waals surface area (Å²) in [4.78, 5) is 4.47. The van der Waals surface area contributed by atoms with E-state index in [2.05, 4.69) is 22.4 Å². The standard InChI is InChI=1S/C11H18ClN3/c1-10(12)8-14-4-6-15(7-5-14)11(2,3)9-13/h1,4-8H2,2-3H3. The van der Waals surface area contributed by atoms with Crippen molar-refractivity contribution in [2.75, 3.05) is 32.7 Å². The lowest BCUT2D eigenvalue weighted by Crippen LogP contribution is -2.54. The van der Waals surface area contributed by atoms with Gasteiger partial charge in [0.1, 0.15) is 5.54 Å². The zero-order valence-electron chi connectivity index (χ0n) is 9.46. The molecule has 0 spiro atoms. The molecule has 1 heterocycles. The Bertz CT molecular complexity index is 272. The highest BCUT2D eigenvalue weighted by Crippen LogP contribution is 2.16. The van der Waals surface area contributed by atoms with Gasteiger partial charge in [-0.15, -0.1) is 0 Å². The van der Waals surface area contributed by atoms with Gasteiger partial charge in [-0.1, -0.05) is 18.2 Å². The van der Waals surface area contributed by atoms with E-state index in [-0.39, 0.29) is 5.54 Å². The Morgan fingerprint density at radius 3 is 2.33 bits per heavy atom. The van der Waals surface area contributed by atoms with Crippen LogP contribution in [0.1, 0.15) is 13.8 Å². The highest BCUT2D eigenvalue weighted by atomic mass is 35.5. The number of halogens is 1. The Labute approximate surface area is 96.9 Å². The van der Waals surface area contributed by atoms with Gasteiger partial charge in [-0.3, -0.25) is 9.80 Å². The molecule has 15 heavy (non-hydrogen) atoms. The lowest BCUT2D eigenvalue weighted by Gasteiger charge is -2.40. The Kier molecular flexibility index (Phi) is 4.15. The fourth-order valence-electron chi connectivity index (χ4n) is 1.78. The highest BCUT2D eigenvalue weighted by molar-refractivity contribution is 6.29. The molecule has 84 valence electrons. The maximum absolute atomic E-state index is 9.02. The van der Waals surface area contributed by atoms with Gasteiger partial charge in [-0.25, -0.2) is 0 Å². The Balaban J connectivity index is 2.43. The number of hydrogen-bond donors (Lipinski definition) is 0. The molecular formula is C11H18ClN3. The molecule has 1 aliphatic rings. The first-order chi connectivity index (χ1) is 6.95. The summed E-state index contributed by atoms with van der Waals surface area (Å²) in [5, 5.41) is 9.70. The Morgan fingerprint density at radius 2 is 1.93 bits per heavy atom. The molecule has 4 heteroatoms. The summed E-state index contributed by atoms with van der Waals surface area (Å²) in [5.41, 5.74) is -0.357. The summed E-state index contributed by atoms with van der Waals surface area (Å²) in [6.07, 6.45) is 0. The molecular weight excluding hydrogens is 210 g/mol. The summed E-state index contributed by atoms with van der Waals surface area (Å²) in [6, 6.07) is 2.33. The molecule has 1 rings (SSSR count). The zero-order valence-corrected chi connectivity index (χ0v) is 10.2. The van der Waals surface area contributed by atoms with Gasteiger partial charge in [0.2, 0.25) is 0 Å². The Morgan fingerprint density at radius 1 is 1.40 bits per heavy atom. The van der Waals surface area contributed by atoms with Crippen LogP contribution in [0.15, 0.2) is 11.6 Å². The minimum Gasteiger partial charge on any atom is -0.296 e. The molecule has 0 N–H and O–H groups in total. The molecule has 0 saturated carbocycles. The molecule has 1 fully saturated rings. The molecule has 0 radical (unpaired) electrons. The first-order valence-corrected chi connectivity index (χ1v) is 5.55. The number of piperazine rings is 1. The van der Waals surface area contributed by atoms with E-state index in [9.17, 15) is 0 Å². The second kappa shape index (κ2) is 4.98. The van der Waals surface area contributed by atoms with Gasteiger partial charge in [0.25, 0.3) is 0 Å². The van der Waals surface area contributed by atoms with Crippen molar-refractivity contribution in [2.45, 2.75) is 19.4 Å². The van der Waals surface area contributed by atoms with Crippen molar-refractivity contribution in [1.82, 2.24) is 9.80 Å². The van der Waals surface area contributed by atoms with Crippen LogP contribution in [0.3, 0.4) is 0 Å². The van der Waals surface area contributed by atoms with Gasteiger partial charge in [0.15, 0.2) is 0 Å². The lowest BCUT2D eigenvalue weighted by atomic mass is 10.0. The molecule has 0 unspecified atom stereocenters. The maximum atomic E-state index is 9.02. The normalized spacial score (nSPS) is 19.9. The first kappa shape index (κ1) is 12.5. The van der Waals surface area contributed by atoms with Gasteiger partial charge in [-0.2, -0.15) is 5.26 Å². The van der Waals surface area contributed by atoms with Crippen LogP contribution in [-0.2, 0) is 0 Å². The minimum absolute atomic E-state index is 0.357. The van der Waals surface area contributed by atoms with Crippen LogP contribution in [0.5, 0.6) is 0 Å². The van der Waals surface area contributed by atoms with Crippen molar-refractivity contribution in [3.8, 4) is 6.07 Å². The van der Waals surface area contributed by atoms with Crippen LogP contribution in [0.4, 0.5) is 0 Å². The molecule has 0 bridgehead atoms. The zero-order chi connectivity index (χ0) is 11.5. The van der Waals surface area contributed by atoms with E-state index < -0.39 is 0 Å². The molecule has 0 aromatic rings. The lowest BCUT2D eigenvalue weighted by molar-refractivity contribution is 0.0858. The summed E-state index contributed by atoms with van der Waals surface area (Å²) in [6.45, 7) is 12.1. The third kappa shape index (κ3) is 3.49. The van der Waals surface area contributed by atoms with Crippen molar-refractivity contribution in [2.24, 2.45) is 0 Å². The summed E-state index contributed by atoms with van der Waals surface area (Å²) < 4.78 is 0. The fraction of sp³-hybridized carbons (Fsp3) is 0.727. The van der Waals surface area contributed by atoms with E-state index in [4.69, 9.17) is 16.9 Å². The van der Waals surface area contributed by atoms with E-state index in [1.165, 1.54) is 0 Å². The van der Waals surface area contributed by atoms with Crippen molar-refractivity contribution >= 4 is 11.6 Å². The van der Waals surface area contributed by atoms with Gasteiger partial charge < -0.3 is 0 Å². The quantitative estimate of drug-likeness (QED) is 0.735. The van der Waals surface area contributed by atoms with Crippen LogP contribution < -0.4 is 0 Å². The molecule has 0 atom stereocenters. The van der Waals surface area contributed by atoms with Crippen LogP contribution in [0.25, 0.3) is 0 Å². The van der Waals surface area contributed by atoms with E-state index in [1.54, 1.807) is 0 Å². The molecule has 1 saturated heterocycles. The molecule has 1 aliphatic heterocycles. The number of nitriles is 1. The second-order valence-electron chi connectivity index (χ2n) is 4.45. The maximum Gasteiger partial charge on any atom is 0.103 e. The number of rotatable bonds is 3. The fourth-order valence-corrected chi connectivity index (χ4v) is 1.95. The number of nitrogens with zero attached hydrogens (tertiary/aromatic N) is 3. The monoisotopic (exact) mass is 227 g/mol. The van der Waals surface area contributed by atoms with Crippen LogP contribution in [0.2, 0.25) is 0 Å². The van der Waals surface area contributed by atoms with Crippen LogP contribution in [-0.4, -0.2) is 48.1 Å². The summed E-state index contributed by atoms with van der Waals surface area (Å²) in [7, 11) is 0. The predicted octanol–water partition coefficient (Wildman–Crippen LogP) is 1.66. The second-order valence-corrected chi connectivity index (χ2v) is 4.99. The SMILES string of the molecule is C=C(Cl)CN1CCN(C(C)(C)C#N)CC1. The summed E-state index contributed by atoms with van der Waals surface area (Å²) in [5.74, 6) is 0. The third-order valence-corrected chi connectivity index (χ3v) is 2.95. The van der Waals surface area contributed by atoms with Crippen molar-refractivity contribution < 1.29 is 0 Å². The Hall–Kier alpha value is -0.560. The van der Waals surface area contributed by atoms with Gasteiger partial charge in [0.05, 0.1) is 6.07 Å². The molecule has 3 nitrogen and oxygen atoms in total. The largest absolute Gasteiger partial charge is 0.296 e. The van der Waals surface area contributed by atoms with Crippen molar-refractivity contribution in [3.63, 3.8) is 0 Å². The third-order valence-electron chi connectivity index (χ3n) is 2.83. The molecule has 0 amide bonds. The van der Waals surface area contributed by atoms with E-state index >= 15 is 0 Å². The van der Waals surface area contributed by atoms with Crippen molar-refractivity contribution in [1.29, 1.82) is 5.26 Å². The average Bonchev–Trinajstić information content (AvgIpc) is 2.18. The number of hydrogen-bond acceptors (Lipinski definition) is 3. The van der Waals surface area contributed by atoms with E-state index in [0.717, 1.165) is 32.7 Å². The van der Waals surface area contributed by atoms with Gasteiger partial charge in [-0.05, 0) is 13.8 Å². The van der Waals surface area contributed by atoms with Crippen molar-refractivity contribution in [3.05, 3.63) is 11.6 Å². The smallest absolute Gasteiger partial charge is 0.103 e. The average molecular weight is 228 g/mol. The molecule has 0 aromatic carbocycles. The molecule has 0 aliphatic carbocycles. The van der Waals surface area contributed by atoms with Gasteiger partial charge in [0, 0.05) is 37.8 Å². The predicted molar refractivity (Wildman–Crippen MR) is 62.7 cm³/mol. The van der Waals surface area contributed by atoms with E-state index in [0.29, 0.717) is 5.03 Å². The summed E-state index contributed by atoms with van der Waals surface area (Å²) >= 11 is 5.76. The highest BCUT2D eigenvalue weighted by Gasteiger charge is 2.29. The first-order valence-electron chi connectivity index (χ1n) is 5.17. The van der Waals surface area contributed by atoms with Crippen LogP contribution >= 0.6 is 11.6 Å². The molecule has 0 aromatic heterocycles. The van der Waals surface area contributed by atoms with Gasteiger partial charge >= 0.3 is 0 Å². The minimum atomic E-state index is -0.357. The van der Waals surface area contributed by atoms with E-state index in [1.807, 2.05) is 13.8 Å². The topological polar surface area (TPSA) is 30.3 Å².